The fourth-order valence-electron chi connectivity index (χ4n) is 2.67. The number of nitrogens with one attached hydrogen (secondary N) is 1. The van der Waals surface area contributed by atoms with Gasteiger partial charge in [0.25, 0.3) is 0 Å². The van der Waals surface area contributed by atoms with Crippen LogP contribution in [0.3, 0.4) is 0 Å². The van der Waals surface area contributed by atoms with Gasteiger partial charge in [-0.3, -0.25) is 4.68 Å². The quantitative estimate of drug-likeness (QED) is 0.883. The minimum absolute atomic E-state index is 0.549. The first kappa shape index (κ1) is 11.5. The van der Waals surface area contributed by atoms with E-state index in [1.165, 1.54) is 5.69 Å². The van der Waals surface area contributed by atoms with E-state index in [1.807, 2.05) is 30.8 Å². The lowest BCUT2D eigenvalue weighted by Gasteiger charge is -2.21. The van der Waals surface area contributed by atoms with Crippen molar-refractivity contribution in [2.24, 2.45) is 7.05 Å². The van der Waals surface area contributed by atoms with E-state index in [0.717, 1.165) is 43.0 Å². The maximum atomic E-state index is 5.75. The van der Waals surface area contributed by atoms with Gasteiger partial charge in [0.1, 0.15) is 11.5 Å². The van der Waals surface area contributed by atoms with Crippen molar-refractivity contribution in [3.8, 4) is 11.3 Å². The Morgan fingerprint density at radius 2 is 2.11 bits per heavy atom. The van der Waals surface area contributed by atoms with Gasteiger partial charge in [-0.25, -0.2) is 0 Å². The molecule has 1 N–H and O–H groups in total. The zero-order chi connectivity index (χ0) is 12.5. The number of aromatic nitrogens is 2. The summed E-state index contributed by atoms with van der Waals surface area (Å²) in [6.45, 7) is 4.14. The summed E-state index contributed by atoms with van der Waals surface area (Å²) in [5.74, 6) is 2.44. The van der Waals surface area contributed by atoms with E-state index in [-0.39, 0.29) is 0 Å². The molecule has 4 heteroatoms. The fourth-order valence-corrected chi connectivity index (χ4v) is 2.67. The molecule has 1 aliphatic heterocycles. The molecule has 3 rings (SSSR count). The van der Waals surface area contributed by atoms with E-state index in [0.29, 0.717) is 5.92 Å². The minimum atomic E-state index is 0.549. The third-order valence-electron chi connectivity index (χ3n) is 3.59. The highest BCUT2D eigenvalue weighted by Gasteiger charge is 2.23. The highest BCUT2D eigenvalue weighted by Crippen LogP contribution is 2.33. The van der Waals surface area contributed by atoms with Crippen LogP contribution in [0.15, 0.2) is 22.7 Å². The lowest BCUT2D eigenvalue weighted by molar-refractivity contribution is 0.449. The summed E-state index contributed by atoms with van der Waals surface area (Å²) in [6, 6.07) is 4.05. The monoisotopic (exact) mass is 245 g/mol. The van der Waals surface area contributed by atoms with Crippen LogP contribution in [-0.4, -0.2) is 22.9 Å². The van der Waals surface area contributed by atoms with Gasteiger partial charge in [0.15, 0.2) is 0 Å². The first-order chi connectivity index (χ1) is 8.74. The lowest BCUT2D eigenvalue weighted by atomic mass is 9.92. The minimum Gasteiger partial charge on any atom is -0.461 e. The maximum Gasteiger partial charge on any atom is 0.137 e. The average Bonchev–Trinajstić information content (AvgIpc) is 2.96. The summed E-state index contributed by atoms with van der Waals surface area (Å²) in [5.41, 5.74) is 2.34. The Morgan fingerprint density at radius 3 is 2.78 bits per heavy atom. The Morgan fingerprint density at radius 1 is 1.33 bits per heavy atom. The maximum absolute atomic E-state index is 5.75. The largest absolute Gasteiger partial charge is 0.461 e. The lowest BCUT2D eigenvalue weighted by Crippen LogP contribution is -2.27. The predicted molar refractivity (Wildman–Crippen MR) is 70.5 cm³/mol. The van der Waals surface area contributed by atoms with Crippen molar-refractivity contribution in [2.45, 2.75) is 25.7 Å². The van der Waals surface area contributed by atoms with Gasteiger partial charge >= 0.3 is 0 Å². The first-order valence-electron chi connectivity index (χ1n) is 6.55. The van der Waals surface area contributed by atoms with Crippen LogP contribution in [0.25, 0.3) is 11.3 Å². The van der Waals surface area contributed by atoms with Crippen molar-refractivity contribution >= 4 is 0 Å². The van der Waals surface area contributed by atoms with E-state index in [4.69, 9.17) is 4.42 Å². The van der Waals surface area contributed by atoms with Crippen LogP contribution in [0.4, 0.5) is 0 Å². The molecule has 2 aromatic heterocycles. The Balaban J connectivity index is 1.98. The number of rotatable bonds is 2. The van der Waals surface area contributed by atoms with Gasteiger partial charge in [0, 0.05) is 19.2 Å². The van der Waals surface area contributed by atoms with Gasteiger partial charge in [0.2, 0.25) is 0 Å². The average molecular weight is 245 g/mol. The number of hydrogen-bond acceptors (Lipinski definition) is 3. The van der Waals surface area contributed by atoms with E-state index in [9.17, 15) is 0 Å². The first-order valence-corrected chi connectivity index (χ1v) is 6.55. The predicted octanol–water partition coefficient (Wildman–Crippen LogP) is 2.46. The number of piperidine rings is 1. The molecule has 4 nitrogen and oxygen atoms in total. The molecule has 0 saturated carbocycles. The third-order valence-corrected chi connectivity index (χ3v) is 3.59. The molecule has 0 bridgehead atoms. The summed E-state index contributed by atoms with van der Waals surface area (Å²) >= 11 is 0. The molecule has 0 spiro atoms. The second-order valence-electron chi connectivity index (χ2n) is 5.04. The summed E-state index contributed by atoms with van der Waals surface area (Å²) in [6.07, 6.45) is 4.38. The van der Waals surface area contributed by atoms with Crippen LogP contribution in [-0.2, 0) is 7.05 Å². The van der Waals surface area contributed by atoms with E-state index in [1.54, 1.807) is 0 Å². The topological polar surface area (TPSA) is 43.0 Å². The Labute approximate surface area is 107 Å². The summed E-state index contributed by atoms with van der Waals surface area (Å²) < 4.78 is 7.64. The van der Waals surface area contributed by atoms with Gasteiger partial charge in [-0.2, -0.15) is 5.10 Å². The number of furan rings is 1. The van der Waals surface area contributed by atoms with Gasteiger partial charge in [-0.15, -0.1) is 0 Å². The molecule has 1 aliphatic rings. The van der Waals surface area contributed by atoms with Gasteiger partial charge < -0.3 is 9.73 Å². The summed E-state index contributed by atoms with van der Waals surface area (Å²) in [7, 11) is 1.98. The van der Waals surface area contributed by atoms with Gasteiger partial charge in [-0.1, -0.05) is 0 Å². The molecule has 18 heavy (non-hydrogen) atoms. The van der Waals surface area contributed by atoms with Crippen molar-refractivity contribution in [1.29, 1.82) is 0 Å². The molecule has 0 unspecified atom stereocenters. The van der Waals surface area contributed by atoms with Crippen LogP contribution in [0.5, 0.6) is 0 Å². The van der Waals surface area contributed by atoms with Crippen LogP contribution in [0, 0.1) is 6.92 Å². The highest BCUT2D eigenvalue weighted by molar-refractivity contribution is 5.60. The molecule has 0 amide bonds. The third kappa shape index (κ3) is 2.08. The normalized spacial score (nSPS) is 17.2. The standard InChI is InChI=1S/C14H19N3O/c1-10-3-4-13(18-10)12-9-17(2)16-14(12)11-5-7-15-8-6-11/h3-4,9,11,15H,5-8H2,1-2H3. The molecule has 96 valence electrons. The molecular formula is C14H19N3O. The Kier molecular flexibility index (Phi) is 2.96. The SMILES string of the molecule is Cc1ccc(-c2cn(C)nc2C2CCNCC2)o1. The van der Waals surface area contributed by atoms with Crippen LogP contribution >= 0.6 is 0 Å². The molecule has 2 aromatic rings. The highest BCUT2D eigenvalue weighted by atomic mass is 16.3. The fraction of sp³-hybridized carbons (Fsp3) is 0.500. The molecule has 1 fully saturated rings. The smallest absolute Gasteiger partial charge is 0.137 e. The molecular weight excluding hydrogens is 226 g/mol. The summed E-state index contributed by atoms with van der Waals surface area (Å²) in [4.78, 5) is 0. The zero-order valence-electron chi connectivity index (χ0n) is 10.9. The van der Waals surface area contributed by atoms with Gasteiger partial charge in [-0.05, 0) is 45.0 Å². The Hall–Kier alpha value is -1.55. The number of nitrogens with zero attached hydrogens (tertiary/aromatic N) is 2. The zero-order valence-corrected chi connectivity index (χ0v) is 10.9. The Bertz CT molecular complexity index is 535. The molecule has 0 aromatic carbocycles. The molecule has 0 atom stereocenters. The second kappa shape index (κ2) is 4.61. The van der Waals surface area contributed by atoms with Crippen molar-refractivity contribution in [2.75, 3.05) is 13.1 Å². The molecule has 0 aliphatic carbocycles. The number of hydrogen-bond donors (Lipinski definition) is 1. The van der Waals surface area contributed by atoms with Crippen molar-refractivity contribution in [1.82, 2.24) is 15.1 Å². The van der Waals surface area contributed by atoms with E-state index < -0.39 is 0 Å². The number of aryl methyl sites for hydroxylation is 2. The molecule has 1 saturated heterocycles. The van der Waals surface area contributed by atoms with Crippen LogP contribution < -0.4 is 5.32 Å². The molecule has 0 radical (unpaired) electrons. The summed E-state index contributed by atoms with van der Waals surface area (Å²) in [5, 5.41) is 8.05. The van der Waals surface area contributed by atoms with Gasteiger partial charge in [0.05, 0.1) is 11.3 Å². The van der Waals surface area contributed by atoms with E-state index in [2.05, 4.69) is 16.6 Å². The second-order valence-corrected chi connectivity index (χ2v) is 5.04. The van der Waals surface area contributed by atoms with Crippen LogP contribution in [0.1, 0.15) is 30.2 Å². The van der Waals surface area contributed by atoms with Crippen molar-refractivity contribution in [3.05, 3.63) is 29.8 Å². The molecule has 3 heterocycles. The van der Waals surface area contributed by atoms with Crippen LogP contribution in [0.2, 0.25) is 0 Å². The van der Waals surface area contributed by atoms with Crippen molar-refractivity contribution in [3.63, 3.8) is 0 Å². The van der Waals surface area contributed by atoms with E-state index >= 15 is 0 Å². The van der Waals surface area contributed by atoms with Crippen molar-refractivity contribution < 1.29 is 4.42 Å².